The smallest absolute Gasteiger partial charge is 0.218 e. The normalized spacial score (nSPS) is 12.0. The molecular weight excluding hydrogens is 290 g/mol. The minimum absolute atomic E-state index is 0.561. The Morgan fingerprint density at radius 3 is 2.22 bits per heavy atom. The summed E-state index contributed by atoms with van der Waals surface area (Å²) in [6.07, 6.45) is 13.9. The summed E-state index contributed by atoms with van der Waals surface area (Å²) in [4.78, 5) is 11.6. The van der Waals surface area contributed by atoms with Crippen LogP contribution in [-0.2, 0) is 0 Å². The minimum Gasteiger partial charge on any atom is -0.445 e. The second-order valence-corrected chi connectivity index (χ2v) is 4.91. The molecule has 0 amide bonds. The molecule has 0 saturated carbocycles. The summed E-state index contributed by atoms with van der Waals surface area (Å²) in [7, 11) is 0. The molecule has 5 nitrogen and oxygen atoms in total. The zero-order valence-corrected chi connectivity index (χ0v) is 12.1. The highest BCUT2D eigenvalue weighted by atomic mass is 16.3. The average Bonchev–Trinajstić information content (AvgIpc) is 3.31. The number of aromatic amines is 1. The first kappa shape index (κ1) is 13.3. The Kier molecular flexibility index (Phi) is 3.37. The second-order valence-electron chi connectivity index (χ2n) is 4.91. The van der Waals surface area contributed by atoms with Crippen LogP contribution in [0.5, 0.6) is 0 Å². The maximum Gasteiger partial charge on any atom is 0.218 e. The lowest BCUT2D eigenvalue weighted by molar-refractivity contribution is 0.546. The molecular formula is C18H13N3O2. The van der Waals surface area contributed by atoms with Crippen LogP contribution >= 0.6 is 0 Å². The molecule has 1 aromatic carbocycles. The minimum atomic E-state index is 0.561. The first-order valence-corrected chi connectivity index (χ1v) is 7.16. The number of fused-ring (bicyclic) bond motifs is 1. The fourth-order valence-electron chi connectivity index (χ4n) is 2.44. The Balaban J connectivity index is 1.78. The van der Waals surface area contributed by atoms with E-state index in [0.29, 0.717) is 11.8 Å². The number of rotatable bonds is 4. The third-order valence-electron chi connectivity index (χ3n) is 3.46. The molecule has 23 heavy (non-hydrogen) atoms. The summed E-state index contributed by atoms with van der Waals surface area (Å²) in [5.41, 5.74) is 3.08. The Hall–Kier alpha value is -3.34. The fourth-order valence-corrected chi connectivity index (χ4v) is 2.44. The highest BCUT2D eigenvalue weighted by Crippen LogP contribution is 2.26. The Bertz CT molecular complexity index is 961. The third kappa shape index (κ3) is 2.72. The van der Waals surface area contributed by atoms with Crippen LogP contribution in [0.2, 0.25) is 0 Å². The summed E-state index contributed by atoms with van der Waals surface area (Å²) >= 11 is 0. The van der Waals surface area contributed by atoms with Gasteiger partial charge in [-0.15, -0.1) is 0 Å². The molecule has 3 aromatic heterocycles. The van der Waals surface area contributed by atoms with Crippen LogP contribution in [0.25, 0.3) is 35.2 Å². The van der Waals surface area contributed by atoms with Gasteiger partial charge in [0.25, 0.3) is 0 Å². The van der Waals surface area contributed by atoms with Crippen LogP contribution in [0.15, 0.2) is 58.0 Å². The maximum absolute atomic E-state index is 5.25. The molecule has 3 heterocycles. The van der Waals surface area contributed by atoms with E-state index < -0.39 is 0 Å². The number of hydrogen-bond donors (Lipinski definition) is 1. The molecule has 112 valence electrons. The van der Waals surface area contributed by atoms with Crippen molar-refractivity contribution in [2.75, 3.05) is 0 Å². The molecule has 4 aromatic rings. The van der Waals surface area contributed by atoms with Gasteiger partial charge in [0.2, 0.25) is 11.8 Å². The predicted molar refractivity (Wildman–Crippen MR) is 89.2 cm³/mol. The van der Waals surface area contributed by atoms with Crippen LogP contribution < -0.4 is 0 Å². The Morgan fingerprint density at radius 2 is 1.52 bits per heavy atom. The van der Waals surface area contributed by atoms with Gasteiger partial charge in [-0.05, 0) is 18.2 Å². The molecule has 0 bridgehead atoms. The van der Waals surface area contributed by atoms with Crippen molar-refractivity contribution in [2.24, 2.45) is 0 Å². The van der Waals surface area contributed by atoms with E-state index in [0.717, 1.165) is 22.2 Å². The lowest BCUT2D eigenvalue weighted by Gasteiger charge is -1.93. The summed E-state index contributed by atoms with van der Waals surface area (Å²) in [6, 6.07) is 8.13. The van der Waals surface area contributed by atoms with Gasteiger partial charge in [-0.25, -0.2) is 9.97 Å². The van der Waals surface area contributed by atoms with Gasteiger partial charge >= 0.3 is 0 Å². The van der Waals surface area contributed by atoms with Gasteiger partial charge in [-0.2, -0.15) is 0 Å². The molecule has 4 rings (SSSR count). The van der Waals surface area contributed by atoms with E-state index in [1.807, 2.05) is 42.5 Å². The first-order chi connectivity index (χ1) is 11.4. The summed E-state index contributed by atoms with van der Waals surface area (Å²) in [6.45, 7) is 0. The molecule has 5 heteroatoms. The van der Waals surface area contributed by atoms with Crippen LogP contribution in [0.1, 0.15) is 23.0 Å². The predicted octanol–water partition coefficient (Wildman–Crippen LogP) is 4.48. The van der Waals surface area contributed by atoms with Crippen molar-refractivity contribution >= 4 is 35.2 Å². The number of benzene rings is 1. The number of aromatic nitrogens is 3. The molecule has 0 radical (unpaired) electrons. The number of oxazole rings is 2. The molecule has 1 N–H and O–H groups in total. The van der Waals surface area contributed by atoms with Gasteiger partial charge in [-0.1, -0.05) is 18.2 Å². The summed E-state index contributed by atoms with van der Waals surface area (Å²) in [5.74, 6) is 1.13. The van der Waals surface area contributed by atoms with Crippen LogP contribution in [0.4, 0.5) is 0 Å². The summed E-state index contributed by atoms with van der Waals surface area (Å²) in [5, 5.41) is 1.13. The van der Waals surface area contributed by atoms with Gasteiger partial charge in [0.05, 0.1) is 12.4 Å². The van der Waals surface area contributed by atoms with E-state index in [2.05, 4.69) is 21.0 Å². The Labute approximate surface area is 132 Å². The zero-order chi connectivity index (χ0) is 15.5. The van der Waals surface area contributed by atoms with Crippen LogP contribution in [0, 0.1) is 0 Å². The van der Waals surface area contributed by atoms with Crippen LogP contribution in [-0.4, -0.2) is 15.0 Å². The highest BCUT2D eigenvalue weighted by Gasteiger charge is 2.07. The molecule has 0 aliphatic rings. The van der Waals surface area contributed by atoms with Gasteiger partial charge in [0, 0.05) is 34.3 Å². The van der Waals surface area contributed by atoms with Crippen molar-refractivity contribution in [3.63, 3.8) is 0 Å². The number of H-pyrrole nitrogens is 1. The van der Waals surface area contributed by atoms with Crippen molar-refractivity contribution in [3.8, 4) is 0 Å². The van der Waals surface area contributed by atoms with Crippen molar-refractivity contribution < 1.29 is 8.83 Å². The monoisotopic (exact) mass is 303 g/mol. The van der Waals surface area contributed by atoms with E-state index in [9.17, 15) is 0 Å². The van der Waals surface area contributed by atoms with E-state index in [-0.39, 0.29) is 0 Å². The zero-order valence-electron chi connectivity index (χ0n) is 12.1. The summed E-state index contributed by atoms with van der Waals surface area (Å²) < 4.78 is 10.5. The SMILES string of the molecule is C(=C\c1[nH]c2ccccc2c1/C=C/c1ncco1)/c1ncco1. The molecule has 0 saturated heterocycles. The molecule has 0 spiro atoms. The number of hydrogen-bond acceptors (Lipinski definition) is 4. The molecule has 0 aliphatic carbocycles. The van der Waals surface area contributed by atoms with E-state index in [1.54, 1.807) is 24.9 Å². The first-order valence-electron chi connectivity index (χ1n) is 7.16. The van der Waals surface area contributed by atoms with Gasteiger partial charge < -0.3 is 13.8 Å². The number of nitrogens with one attached hydrogen (secondary N) is 1. The van der Waals surface area contributed by atoms with Gasteiger partial charge in [0.15, 0.2) is 0 Å². The van der Waals surface area contributed by atoms with Crippen molar-refractivity contribution in [3.05, 3.63) is 72.2 Å². The van der Waals surface area contributed by atoms with Crippen molar-refractivity contribution in [1.29, 1.82) is 0 Å². The second kappa shape index (κ2) is 5.81. The Morgan fingerprint density at radius 1 is 0.826 bits per heavy atom. The van der Waals surface area contributed by atoms with Crippen molar-refractivity contribution in [2.45, 2.75) is 0 Å². The molecule has 0 unspecified atom stereocenters. The van der Waals surface area contributed by atoms with E-state index >= 15 is 0 Å². The number of para-hydroxylation sites is 1. The lowest BCUT2D eigenvalue weighted by atomic mass is 10.1. The van der Waals surface area contributed by atoms with E-state index in [4.69, 9.17) is 8.83 Å². The molecule has 0 aliphatic heterocycles. The highest BCUT2D eigenvalue weighted by molar-refractivity contribution is 5.96. The third-order valence-corrected chi connectivity index (χ3v) is 3.46. The molecule has 0 fully saturated rings. The number of nitrogens with zero attached hydrogens (tertiary/aromatic N) is 2. The fraction of sp³-hybridized carbons (Fsp3) is 0. The van der Waals surface area contributed by atoms with Gasteiger partial charge in [0.1, 0.15) is 12.5 Å². The topological polar surface area (TPSA) is 67.8 Å². The lowest BCUT2D eigenvalue weighted by Crippen LogP contribution is -1.77. The van der Waals surface area contributed by atoms with Crippen molar-refractivity contribution in [1.82, 2.24) is 15.0 Å². The largest absolute Gasteiger partial charge is 0.445 e. The maximum atomic E-state index is 5.25. The molecule has 0 atom stereocenters. The average molecular weight is 303 g/mol. The van der Waals surface area contributed by atoms with Crippen LogP contribution in [0.3, 0.4) is 0 Å². The standard InChI is InChI=1S/C18H13N3O2/c1-2-4-15-13(3-1)14(5-7-17-19-9-11-22-17)16(21-15)6-8-18-20-10-12-23-18/h1-12,21H/b7-5+,8-6+. The van der Waals surface area contributed by atoms with Gasteiger partial charge in [-0.3, -0.25) is 0 Å². The quantitative estimate of drug-likeness (QED) is 0.603. The van der Waals surface area contributed by atoms with E-state index in [1.165, 1.54) is 0 Å².